The standard InChI is InChI=1S/C26H25ClF2N4O4S2/c1-36-18-5-3-4-15(22(18)37-2)23-16-10-13(27)6-8-17(16)33(26(31)24(28)29)25(30)19(39-23)11-20-32-12-14(38-20)7-9-21(34)35/h3-6,8,10,12,19,23-24,30-31H,7,9,11H2,1-2H3,(H,34,35)/t19-,23-/m0/s1. The number of aliphatic carboxylic acids is 1. The van der Waals surface area contributed by atoms with Gasteiger partial charge >= 0.3 is 5.97 Å². The number of thiazole rings is 1. The molecule has 0 spiro atoms. The third kappa shape index (κ3) is 6.18. The van der Waals surface area contributed by atoms with Gasteiger partial charge in [0.1, 0.15) is 5.84 Å². The Hall–Kier alpha value is -3.22. The first kappa shape index (κ1) is 28.8. The fourth-order valence-electron chi connectivity index (χ4n) is 4.32. The molecule has 3 N–H and O–H groups in total. The first-order valence-corrected chi connectivity index (χ1v) is 13.8. The van der Waals surface area contributed by atoms with E-state index in [0.29, 0.717) is 39.1 Å². The van der Waals surface area contributed by atoms with Crippen molar-refractivity contribution in [3.05, 3.63) is 68.6 Å². The molecule has 8 nitrogen and oxygen atoms in total. The molecule has 13 heteroatoms. The number of aromatic nitrogens is 1. The van der Waals surface area contributed by atoms with Gasteiger partial charge in [0.15, 0.2) is 17.3 Å². The number of nitrogens with zero attached hydrogens (tertiary/aromatic N) is 2. The Morgan fingerprint density at radius 3 is 2.67 bits per heavy atom. The van der Waals surface area contributed by atoms with E-state index in [1.807, 2.05) is 6.07 Å². The van der Waals surface area contributed by atoms with E-state index in [1.165, 1.54) is 37.3 Å². The van der Waals surface area contributed by atoms with Crippen LogP contribution in [0.15, 0.2) is 42.6 Å². The van der Waals surface area contributed by atoms with Crippen LogP contribution in [-0.4, -0.2) is 53.6 Å². The van der Waals surface area contributed by atoms with Crippen molar-refractivity contribution < 1.29 is 28.2 Å². The van der Waals surface area contributed by atoms with E-state index in [4.69, 9.17) is 37.0 Å². The Balaban J connectivity index is 1.84. The predicted octanol–water partition coefficient (Wildman–Crippen LogP) is 6.30. The van der Waals surface area contributed by atoms with Gasteiger partial charge in [0, 0.05) is 28.1 Å². The number of halogens is 3. The number of para-hydroxylation sites is 1. The van der Waals surface area contributed by atoms with Crippen molar-refractivity contribution in [3.8, 4) is 11.5 Å². The third-order valence-corrected chi connectivity index (χ3v) is 8.88. The lowest BCUT2D eigenvalue weighted by Crippen LogP contribution is -2.44. The van der Waals surface area contributed by atoms with Gasteiger partial charge in [-0.05, 0) is 36.2 Å². The number of amidine groups is 2. The van der Waals surface area contributed by atoms with Crippen LogP contribution >= 0.6 is 34.7 Å². The summed E-state index contributed by atoms with van der Waals surface area (Å²) in [6.07, 6.45) is -1.03. The van der Waals surface area contributed by atoms with Gasteiger partial charge in [0.05, 0.1) is 41.8 Å². The van der Waals surface area contributed by atoms with E-state index >= 15 is 0 Å². The van der Waals surface area contributed by atoms with E-state index in [-0.39, 0.29) is 24.4 Å². The lowest BCUT2D eigenvalue weighted by Gasteiger charge is -2.27. The van der Waals surface area contributed by atoms with Crippen LogP contribution in [0.3, 0.4) is 0 Å². The summed E-state index contributed by atoms with van der Waals surface area (Å²) in [5.74, 6) is -1.19. The Kier molecular flexibility index (Phi) is 9.08. The van der Waals surface area contributed by atoms with Crippen LogP contribution < -0.4 is 14.4 Å². The molecule has 1 aliphatic heterocycles. The van der Waals surface area contributed by atoms with Crippen molar-refractivity contribution in [1.29, 1.82) is 10.8 Å². The number of hydrogen-bond acceptors (Lipinski definition) is 8. The molecule has 0 amide bonds. The number of aryl methyl sites for hydroxylation is 1. The first-order valence-electron chi connectivity index (χ1n) is 11.7. The Morgan fingerprint density at radius 2 is 2.00 bits per heavy atom. The summed E-state index contributed by atoms with van der Waals surface area (Å²) < 4.78 is 39.1. The maximum Gasteiger partial charge on any atom is 0.303 e. The lowest BCUT2D eigenvalue weighted by molar-refractivity contribution is -0.136. The molecular formula is C26H25ClF2N4O4S2. The van der Waals surface area contributed by atoms with Gasteiger partial charge in [-0.15, -0.1) is 23.1 Å². The number of benzene rings is 2. The second-order valence-corrected chi connectivity index (χ2v) is 11.5. The average Bonchev–Trinajstić information content (AvgIpc) is 3.32. The highest BCUT2D eigenvalue weighted by molar-refractivity contribution is 8.01. The monoisotopic (exact) mass is 594 g/mol. The highest BCUT2D eigenvalue weighted by Crippen LogP contribution is 2.51. The zero-order valence-electron chi connectivity index (χ0n) is 20.9. The summed E-state index contributed by atoms with van der Waals surface area (Å²) in [5, 5.41) is 26.0. The summed E-state index contributed by atoms with van der Waals surface area (Å²) in [4.78, 5) is 17.1. The van der Waals surface area contributed by atoms with Crippen molar-refractivity contribution >= 4 is 58.0 Å². The molecule has 3 aromatic rings. The number of thioether (sulfide) groups is 1. The Morgan fingerprint density at radius 1 is 1.23 bits per heavy atom. The second-order valence-electron chi connectivity index (χ2n) is 8.52. The highest BCUT2D eigenvalue weighted by Gasteiger charge is 2.39. The molecule has 0 saturated carbocycles. The molecule has 0 saturated heterocycles. The van der Waals surface area contributed by atoms with Gasteiger partial charge < -0.3 is 14.6 Å². The van der Waals surface area contributed by atoms with Crippen LogP contribution in [0.2, 0.25) is 5.02 Å². The molecule has 2 heterocycles. The van der Waals surface area contributed by atoms with Gasteiger partial charge in [-0.2, -0.15) is 0 Å². The molecule has 1 aliphatic rings. The minimum atomic E-state index is -3.12. The predicted molar refractivity (Wildman–Crippen MR) is 150 cm³/mol. The Labute approximate surface area is 236 Å². The number of rotatable bonds is 9. The first-order chi connectivity index (χ1) is 18.6. The van der Waals surface area contributed by atoms with Gasteiger partial charge in [0.25, 0.3) is 6.43 Å². The number of nitrogens with one attached hydrogen (secondary N) is 2. The van der Waals surface area contributed by atoms with Crippen LogP contribution in [0, 0.1) is 10.8 Å². The normalized spacial score (nSPS) is 17.1. The van der Waals surface area contributed by atoms with Gasteiger partial charge in [0.2, 0.25) is 0 Å². The number of fused-ring (bicyclic) bond motifs is 1. The minimum Gasteiger partial charge on any atom is -0.493 e. The van der Waals surface area contributed by atoms with E-state index in [2.05, 4.69) is 4.98 Å². The SMILES string of the molecule is COc1cccc([C@@H]2S[C@@H](Cc3ncc(CCC(=O)O)s3)C(=N)N(C(=N)C(F)F)c3ccc(Cl)cc32)c1OC. The summed E-state index contributed by atoms with van der Waals surface area (Å²) in [6.45, 7) is 0. The van der Waals surface area contributed by atoms with Crippen molar-refractivity contribution in [3.63, 3.8) is 0 Å². The van der Waals surface area contributed by atoms with E-state index in [9.17, 15) is 13.6 Å². The smallest absolute Gasteiger partial charge is 0.303 e. The molecule has 0 aliphatic carbocycles. The van der Waals surface area contributed by atoms with Crippen molar-refractivity contribution in [2.24, 2.45) is 0 Å². The molecule has 0 radical (unpaired) electrons. The highest BCUT2D eigenvalue weighted by atomic mass is 35.5. The molecule has 4 rings (SSSR count). The van der Waals surface area contributed by atoms with Crippen LogP contribution in [0.1, 0.15) is 32.7 Å². The molecule has 0 unspecified atom stereocenters. The third-order valence-electron chi connectivity index (χ3n) is 6.07. The molecule has 2 aromatic carbocycles. The van der Waals surface area contributed by atoms with Gasteiger partial charge in [-0.25, -0.2) is 13.8 Å². The van der Waals surface area contributed by atoms with Crippen molar-refractivity contribution in [2.45, 2.75) is 36.2 Å². The summed E-state index contributed by atoms with van der Waals surface area (Å²) >= 11 is 9.03. The van der Waals surface area contributed by atoms with Crippen molar-refractivity contribution in [1.82, 2.24) is 4.98 Å². The summed E-state index contributed by atoms with van der Waals surface area (Å²) in [6, 6.07) is 10.1. The van der Waals surface area contributed by atoms with E-state index in [0.717, 1.165) is 9.78 Å². The lowest BCUT2D eigenvalue weighted by atomic mass is 10.00. The fraction of sp³-hybridized carbons (Fsp3) is 0.308. The number of alkyl halides is 2. The number of carboxylic acid groups (broad SMARTS) is 1. The molecule has 0 fully saturated rings. The number of ether oxygens (including phenoxy) is 2. The second kappa shape index (κ2) is 12.3. The molecule has 2 atom stereocenters. The minimum absolute atomic E-state index is 0.0390. The van der Waals surface area contributed by atoms with Gasteiger partial charge in [-0.3, -0.25) is 20.5 Å². The number of carbonyl (C=O) groups is 1. The quantitative estimate of drug-likeness (QED) is 0.196. The molecule has 1 aromatic heterocycles. The summed E-state index contributed by atoms with van der Waals surface area (Å²) in [7, 11) is 3.02. The maximum atomic E-state index is 13.9. The molecule has 206 valence electrons. The van der Waals surface area contributed by atoms with Crippen LogP contribution in [0.25, 0.3) is 0 Å². The van der Waals surface area contributed by atoms with Crippen LogP contribution in [0.4, 0.5) is 14.5 Å². The number of hydrogen-bond donors (Lipinski definition) is 3. The number of carboxylic acids is 1. The number of methoxy groups -OCH3 is 2. The maximum absolute atomic E-state index is 13.9. The summed E-state index contributed by atoms with van der Waals surface area (Å²) in [5.41, 5.74) is 1.48. The Bertz CT molecular complexity index is 1400. The molecular weight excluding hydrogens is 570 g/mol. The number of anilines is 1. The zero-order chi connectivity index (χ0) is 28.3. The van der Waals surface area contributed by atoms with Crippen LogP contribution in [-0.2, 0) is 17.6 Å². The van der Waals surface area contributed by atoms with Crippen LogP contribution in [0.5, 0.6) is 11.5 Å². The van der Waals surface area contributed by atoms with Crippen molar-refractivity contribution in [2.75, 3.05) is 19.1 Å². The average molecular weight is 595 g/mol. The van der Waals surface area contributed by atoms with E-state index in [1.54, 1.807) is 36.5 Å². The molecule has 0 bridgehead atoms. The fourth-order valence-corrected chi connectivity index (χ4v) is 7.06. The largest absolute Gasteiger partial charge is 0.493 e. The van der Waals surface area contributed by atoms with Gasteiger partial charge in [-0.1, -0.05) is 23.7 Å². The topological polar surface area (TPSA) is 120 Å². The zero-order valence-corrected chi connectivity index (χ0v) is 23.3. The molecule has 39 heavy (non-hydrogen) atoms. The van der Waals surface area contributed by atoms with E-state index < -0.39 is 28.7 Å².